The first kappa shape index (κ1) is 23.6. The van der Waals surface area contributed by atoms with Crippen LogP contribution in [-0.2, 0) is 9.47 Å². The fraction of sp³-hybridized carbons (Fsp3) is 0.300. The number of anilines is 1. The molecule has 1 fully saturated rings. The second-order valence-corrected chi connectivity index (χ2v) is 7.63. The van der Waals surface area contributed by atoms with Crippen molar-refractivity contribution in [1.29, 1.82) is 0 Å². The number of para-hydroxylation sites is 1. The molecular formula is C20H16F5N5O3S. The lowest BCUT2D eigenvalue weighted by Crippen LogP contribution is -2.39. The van der Waals surface area contributed by atoms with Crippen LogP contribution >= 0.6 is 12.2 Å². The van der Waals surface area contributed by atoms with Crippen LogP contribution in [0, 0.1) is 5.82 Å². The number of fused-ring (bicyclic) bond motifs is 1. The fourth-order valence-electron chi connectivity index (χ4n) is 3.19. The molecule has 0 radical (unpaired) electrons. The zero-order valence-corrected chi connectivity index (χ0v) is 17.9. The number of amides is 1. The zero-order chi connectivity index (χ0) is 24.5. The van der Waals surface area contributed by atoms with Gasteiger partial charge in [-0.2, -0.15) is 8.78 Å². The number of alkyl halides is 4. The Hall–Kier alpha value is -3.55. The molecule has 34 heavy (non-hydrogen) atoms. The van der Waals surface area contributed by atoms with Crippen molar-refractivity contribution in [1.82, 2.24) is 20.3 Å². The maximum Gasteiger partial charge on any atom is 0.414 e. The summed E-state index contributed by atoms with van der Waals surface area (Å²) in [5.41, 5.74) is 1.54. The molecule has 0 unspecified atom stereocenters. The van der Waals surface area contributed by atoms with Gasteiger partial charge in [0.05, 0.1) is 24.3 Å². The molecule has 14 heteroatoms. The van der Waals surface area contributed by atoms with Gasteiger partial charge in [-0.3, -0.25) is 4.90 Å². The van der Waals surface area contributed by atoms with E-state index in [1.54, 1.807) is 24.3 Å². The van der Waals surface area contributed by atoms with E-state index >= 15 is 0 Å². The maximum absolute atomic E-state index is 14.9. The molecule has 1 aromatic heterocycles. The summed E-state index contributed by atoms with van der Waals surface area (Å²) >= 11 is 4.67. The topological polar surface area (TPSA) is 81.5 Å². The Balaban J connectivity index is 1.37. The molecule has 2 heterocycles. The number of carbonyl (C=O) groups excluding carboxylic acids is 1. The van der Waals surface area contributed by atoms with Gasteiger partial charge >= 0.3 is 18.4 Å². The van der Waals surface area contributed by atoms with E-state index in [4.69, 9.17) is 4.74 Å². The highest BCUT2D eigenvalue weighted by molar-refractivity contribution is 7.80. The van der Waals surface area contributed by atoms with Crippen LogP contribution in [0.4, 0.5) is 32.4 Å². The Labute approximate surface area is 194 Å². The van der Waals surface area contributed by atoms with Crippen molar-refractivity contribution in [3.05, 3.63) is 48.3 Å². The van der Waals surface area contributed by atoms with Crippen molar-refractivity contribution in [3.63, 3.8) is 0 Å². The molecule has 0 spiro atoms. The molecule has 1 atom stereocenters. The number of nitrogens with zero attached hydrogens (tertiary/aromatic N) is 4. The molecule has 1 aliphatic heterocycles. The largest absolute Gasteiger partial charge is 0.464 e. The third-order valence-corrected chi connectivity index (χ3v) is 5.15. The van der Waals surface area contributed by atoms with Crippen molar-refractivity contribution in [2.24, 2.45) is 0 Å². The summed E-state index contributed by atoms with van der Waals surface area (Å²) in [6, 6.07) is 11.1. The number of hydrogen-bond acceptors (Lipinski definition) is 6. The SMILES string of the molecule is O=C1O[C@@H](CNC(=S)OCC(F)(F)C(F)F)CN1c1ccc(-n2nnc3ccccc32)c(F)c1. The van der Waals surface area contributed by atoms with Crippen LogP contribution in [0.1, 0.15) is 0 Å². The van der Waals surface area contributed by atoms with Crippen molar-refractivity contribution in [3.8, 4) is 5.69 Å². The number of hydrogen-bond donors (Lipinski definition) is 1. The predicted molar refractivity (Wildman–Crippen MR) is 114 cm³/mol. The average molecular weight is 501 g/mol. The third kappa shape index (κ3) is 4.85. The van der Waals surface area contributed by atoms with Gasteiger partial charge in [-0.1, -0.05) is 17.3 Å². The Morgan fingerprint density at radius 3 is 2.79 bits per heavy atom. The quantitative estimate of drug-likeness (QED) is 0.391. The molecule has 0 bridgehead atoms. The zero-order valence-electron chi connectivity index (χ0n) is 17.1. The van der Waals surface area contributed by atoms with E-state index in [-0.39, 0.29) is 24.5 Å². The highest BCUT2D eigenvalue weighted by atomic mass is 32.1. The van der Waals surface area contributed by atoms with Crippen molar-refractivity contribution in [2.45, 2.75) is 18.5 Å². The average Bonchev–Trinajstić information content (AvgIpc) is 3.39. The normalized spacial score (nSPS) is 16.2. The number of thiocarbonyl (C=S) groups is 1. The Bertz CT molecular complexity index is 1220. The standard InChI is InChI=1S/C20H16F5N5O3S/c21-13-7-11(5-6-15(13)30-16-4-2-1-3-14(16)27-28-30)29-9-12(33-19(29)31)8-26-18(34)32-10-20(24,25)17(22)23/h1-7,12,17H,8-10H2,(H,26,34)/t12-/m0/s1. The number of nitrogens with one attached hydrogen (secondary N) is 1. The summed E-state index contributed by atoms with van der Waals surface area (Å²) in [6.45, 7) is -1.74. The Morgan fingerprint density at radius 1 is 1.29 bits per heavy atom. The van der Waals surface area contributed by atoms with Crippen LogP contribution < -0.4 is 10.2 Å². The summed E-state index contributed by atoms with van der Waals surface area (Å²) in [6.07, 6.45) is -5.44. The smallest absolute Gasteiger partial charge is 0.414 e. The van der Waals surface area contributed by atoms with E-state index in [0.29, 0.717) is 11.0 Å². The van der Waals surface area contributed by atoms with E-state index < -0.39 is 42.1 Å². The minimum Gasteiger partial charge on any atom is -0.464 e. The van der Waals surface area contributed by atoms with Gasteiger partial charge in [0.2, 0.25) is 0 Å². The van der Waals surface area contributed by atoms with Crippen molar-refractivity contribution >= 4 is 40.2 Å². The number of benzene rings is 2. The summed E-state index contributed by atoms with van der Waals surface area (Å²) in [7, 11) is 0. The summed E-state index contributed by atoms with van der Waals surface area (Å²) in [4.78, 5) is 13.4. The molecule has 1 aliphatic rings. The van der Waals surface area contributed by atoms with Gasteiger partial charge in [0.25, 0.3) is 5.17 Å². The van der Waals surface area contributed by atoms with Gasteiger partial charge in [-0.05, 0) is 42.5 Å². The number of cyclic esters (lactones) is 1. The lowest BCUT2D eigenvalue weighted by atomic mass is 10.2. The third-order valence-electron chi connectivity index (χ3n) is 4.89. The van der Waals surface area contributed by atoms with E-state index in [1.165, 1.54) is 21.7 Å². The van der Waals surface area contributed by atoms with Gasteiger partial charge in [-0.25, -0.2) is 22.6 Å². The molecule has 1 amide bonds. The van der Waals surface area contributed by atoms with Crippen LogP contribution in [0.3, 0.4) is 0 Å². The van der Waals surface area contributed by atoms with Crippen LogP contribution in [0.2, 0.25) is 0 Å². The maximum atomic E-state index is 14.9. The molecule has 1 saturated heterocycles. The highest BCUT2D eigenvalue weighted by Gasteiger charge is 2.42. The van der Waals surface area contributed by atoms with Crippen LogP contribution in [0.15, 0.2) is 42.5 Å². The lowest BCUT2D eigenvalue weighted by Gasteiger charge is -2.17. The molecule has 4 rings (SSSR count). The molecule has 1 N–H and O–H groups in total. The van der Waals surface area contributed by atoms with E-state index in [1.807, 2.05) is 0 Å². The summed E-state index contributed by atoms with van der Waals surface area (Å²) in [5, 5.41) is 9.81. The van der Waals surface area contributed by atoms with E-state index in [9.17, 15) is 26.7 Å². The second-order valence-electron chi connectivity index (χ2n) is 7.26. The monoisotopic (exact) mass is 501 g/mol. The van der Waals surface area contributed by atoms with Gasteiger partial charge < -0.3 is 14.8 Å². The van der Waals surface area contributed by atoms with Gasteiger partial charge in [-0.15, -0.1) is 5.10 Å². The number of rotatable bonds is 7. The number of halogens is 5. The first-order valence-electron chi connectivity index (χ1n) is 9.81. The van der Waals surface area contributed by atoms with Crippen LogP contribution in [0.25, 0.3) is 16.7 Å². The Morgan fingerprint density at radius 2 is 2.06 bits per heavy atom. The molecule has 3 aromatic rings. The van der Waals surface area contributed by atoms with E-state index in [2.05, 4.69) is 32.6 Å². The molecular weight excluding hydrogens is 485 g/mol. The van der Waals surface area contributed by atoms with Gasteiger partial charge in [0.1, 0.15) is 17.3 Å². The van der Waals surface area contributed by atoms with Gasteiger partial charge in [0, 0.05) is 0 Å². The first-order valence-corrected chi connectivity index (χ1v) is 10.2. The predicted octanol–water partition coefficient (Wildman–Crippen LogP) is 3.68. The number of aromatic nitrogens is 3. The van der Waals surface area contributed by atoms with Crippen LogP contribution in [-0.4, -0.2) is 64.4 Å². The second kappa shape index (κ2) is 9.37. The summed E-state index contributed by atoms with van der Waals surface area (Å²) < 4.78 is 75.9. The molecule has 180 valence electrons. The number of carbonyl (C=O) groups is 1. The molecule has 0 saturated carbocycles. The molecule has 2 aromatic carbocycles. The van der Waals surface area contributed by atoms with E-state index in [0.717, 1.165) is 6.07 Å². The lowest BCUT2D eigenvalue weighted by molar-refractivity contribution is -0.150. The summed E-state index contributed by atoms with van der Waals surface area (Å²) in [5.74, 6) is -5.01. The fourth-order valence-corrected chi connectivity index (χ4v) is 3.34. The van der Waals surface area contributed by atoms with Crippen molar-refractivity contribution in [2.75, 3.05) is 24.6 Å². The van der Waals surface area contributed by atoms with Crippen LogP contribution in [0.5, 0.6) is 0 Å². The molecule has 8 nitrogen and oxygen atoms in total. The highest BCUT2D eigenvalue weighted by Crippen LogP contribution is 2.27. The van der Waals surface area contributed by atoms with Crippen molar-refractivity contribution < 1.29 is 36.2 Å². The minimum atomic E-state index is -4.35. The Kier molecular flexibility index (Phi) is 6.50. The van der Waals surface area contributed by atoms with Gasteiger partial charge in [0.15, 0.2) is 12.4 Å². The number of ether oxygens (including phenoxy) is 2. The minimum absolute atomic E-state index is 0.00726. The first-order chi connectivity index (χ1) is 16.2. The molecule has 0 aliphatic carbocycles.